The van der Waals surface area contributed by atoms with Gasteiger partial charge in [0, 0.05) is 35.6 Å². The molecule has 1 aliphatic heterocycles. The zero-order chi connectivity index (χ0) is 20.8. The second-order valence-electron chi connectivity index (χ2n) is 7.16. The lowest BCUT2D eigenvalue weighted by Gasteiger charge is -2.07. The molecule has 0 amide bonds. The predicted molar refractivity (Wildman–Crippen MR) is 116 cm³/mol. The van der Waals surface area contributed by atoms with Crippen LogP contribution in [0.2, 0.25) is 0 Å². The van der Waals surface area contributed by atoms with Gasteiger partial charge in [-0.1, -0.05) is 48.5 Å². The number of para-hydroxylation sites is 1. The number of allylic oxidation sites excluding steroid dienone is 1. The average Bonchev–Trinajstić information content (AvgIpc) is 3.23. The van der Waals surface area contributed by atoms with Crippen LogP contribution in [0, 0.1) is 0 Å². The molecule has 4 aromatic rings. The number of carbonyl (C=O) groups excluding carboxylic acids is 1. The molecule has 0 bridgehead atoms. The lowest BCUT2D eigenvalue weighted by atomic mass is 10.0. The summed E-state index contributed by atoms with van der Waals surface area (Å²) in [6, 6.07) is 21.1. The fraction of sp³-hybridized carbons (Fsp3) is 0.0800. The van der Waals surface area contributed by atoms with Gasteiger partial charge in [0.05, 0.1) is 12.8 Å². The number of ether oxygens (including phenoxy) is 2. The van der Waals surface area contributed by atoms with Crippen molar-refractivity contribution in [2.24, 2.45) is 7.05 Å². The number of phenols is 1. The van der Waals surface area contributed by atoms with Gasteiger partial charge in [-0.2, -0.15) is 0 Å². The van der Waals surface area contributed by atoms with Gasteiger partial charge in [-0.25, -0.2) is 0 Å². The molecule has 30 heavy (non-hydrogen) atoms. The number of hydrogen-bond acceptors (Lipinski definition) is 4. The minimum absolute atomic E-state index is 0.154. The number of aryl methyl sites for hydroxylation is 1. The smallest absolute Gasteiger partial charge is 0.235 e. The van der Waals surface area contributed by atoms with Gasteiger partial charge in [-0.05, 0) is 17.7 Å². The second-order valence-corrected chi connectivity index (χ2v) is 7.16. The molecule has 0 radical (unpaired) electrons. The first-order chi connectivity index (χ1) is 14.6. The van der Waals surface area contributed by atoms with E-state index in [-0.39, 0.29) is 22.9 Å². The van der Waals surface area contributed by atoms with Gasteiger partial charge in [-0.15, -0.1) is 0 Å². The number of fused-ring (bicyclic) bond motifs is 2. The van der Waals surface area contributed by atoms with Gasteiger partial charge in [0.15, 0.2) is 5.76 Å². The van der Waals surface area contributed by atoms with E-state index in [2.05, 4.69) is 4.57 Å². The average molecular weight is 397 g/mol. The summed E-state index contributed by atoms with van der Waals surface area (Å²) >= 11 is 0. The highest BCUT2D eigenvalue weighted by atomic mass is 16.5. The highest BCUT2D eigenvalue weighted by Crippen LogP contribution is 2.42. The van der Waals surface area contributed by atoms with E-state index in [0.717, 1.165) is 27.7 Å². The van der Waals surface area contributed by atoms with Gasteiger partial charge in [-0.3, -0.25) is 4.79 Å². The Morgan fingerprint density at radius 1 is 1.03 bits per heavy atom. The highest BCUT2D eigenvalue weighted by Gasteiger charge is 2.32. The van der Waals surface area contributed by atoms with Gasteiger partial charge >= 0.3 is 0 Å². The molecule has 0 spiro atoms. The first kappa shape index (κ1) is 18.1. The highest BCUT2D eigenvalue weighted by molar-refractivity contribution is 6.17. The minimum atomic E-state index is -0.350. The van der Waals surface area contributed by atoms with Gasteiger partial charge in [0.2, 0.25) is 5.78 Å². The van der Waals surface area contributed by atoms with Crippen molar-refractivity contribution < 1.29 is 19.4 Å². The molecule has 1 aromatic heterocycles. The van der Waals surface area contributed by atoms with E-state index in [1.165, 1.54) is 13.2 Å². The Bertz CT molecular complexity index is 1330. The fourth-order valence-electron chi connectivity index (χ4n) is 4.03. The number of benzene rings is 3. The van der Waals surface area contributed by atoms with Crippen molar-refractivity contribution in [2.45, 2.75) is 0 Å². The monoisotopic (exact) mass is 397 g/mol. The zero-order valence-corrected chi connectivity index (χ0v) is 16.5. The zero-order valence-electron chi connectivity index (χ0n) is 16.5. The first-order valence-corrected chi connectivity index (χ1v) is 9.56. The first-order valence-electron chi connectivity index (χ1n) is 9.56. The number of aromatic nitrogens is 1. The molecular weight excluding hydrogens is 378 g/mol. The van der Waals surface area contributed by atoms with Crippen LogP contribution in [0.1, 0.15) is 15.9 Å². The van der Waals surface area contributed by atoms with Crippen LogP contribution in [0.4, 0.5) is 0 Å². The molecule has 0 fully saturated rings. The number of nitrogens with zero attached hydrogens (tertiary/aromatic N) is 1. The van der Waals surface area contributed by atoms with Gasteiger partial charge < -0.3 is 19.1 Å². The molecule has 0 saturated carbocycles. The number of rotatable bonds is 3. The van der Waals surface area contributed by atoms with Crippen LogP contribution in [-0.4, -0.2) is 22.6 Å². The largest absolute Gasteiger partial charge is 0.507 e. The van der Waals surface area contributed by atoms with Crippen LogP contribution in [0.15, 0.2) is 72.5 Å². The predicted octanol–water partition coefficient (Wildman–Crippen LogP) is 5.18. The third-order valence-corrected chi connectivity index (χ3v) is 5.43. The number of carbonyl (C=O) groups is 1. The normalized spacial score (nSPS) is 14.2. The SMILES string of the molecule is COc1cc(O)c2c(c1)OC(=Cc1c(-c3ccccc3)n(C)c3ccccc13)C2=O. The van der Waals surface area contributed by atoms with Crippen LogP contribution < -0.4 is 9.47 Å². The summed E-state index contributed by atoms with van der Waals surface area (Å²) in [5.41, 5.74) is 4.12. The van der Waals surface area contributed by atoms with Crippen LogP contribution in [-0.2, 0) is 7.05 Å². The Balaban J connectivity index is 1.72. The molecule has 3 aromatic carbocycles. The Hall–Kier alpha value is -3.99. The van der Waals surface area contributed by atoms with E-state index in [0.29, 0.717) is 11.5 Å². The van der Waals surface area contributed by atoms with Crippen molar-refractivity contribution in [3.8, 4) is 28.5 Å². The maximum Gasteiger partial charge on any atom is 0.235 e. The molecule has 2 heterocycles. The summed E-state index contributed by atoms with van der Waals surface area (Å²) in [5.74, 6) is 0.387. The Kier molecular flexibility index (Phi) is 4.10. The number of aromatic hydroxyl groups is 1. The maximum atomic E-state index is 13.0. The summed E-state index contributed by atoms with van der Waals surface area (Å²) in [6.07, 6.45) is 1.76. The molecule has 0 aliphatic carbocycles. The number of phenolic OH excluding ortho intramolecular Hbond substituents is 1. The molecule has 5 heteroatoms. The maximum absolute atomic E-state index is 13.0. The van der Waals surface area contributed by atoms with Crippen molar-refractivity contribution in [1.29, 1.82) is 0 Å². The summed E-state index contributed by atoms with van der Waals surface area (Å²) < 4.78 is 13.1. The van der Waals surface area contributed by atoms with Gasteiger partial charge in [0.1, 0.15) is 22.8 Å². The fourth-order valence-corrected chi connectivity index (χ4v) is 4.03. The quantitative estimate of drug-likeness (QED) is 0.484. The van der Waals surface area contributed by atoms with E-state index in [4.69, 9.17) is 9.47 Å². The molecule has 0 saturated heterocycles. The van der Waals surface area contributed by atoms with Crippen molar-refractivity contribution in [2.75, 3.05) is 7.11 Å². The molecule has 1 N–H and O–H groups in total. The number of methoxy groups -OCH3 is 1. The summed E-state index contributed by atoms with van der Waals surface area (Å²) in [5, 5.41) is 11.3. The molecule has 5 nitrogen and oxygen atoms in total. The van der Waals surface area contributed by atoms with Gasteiger partial charge in [0.25, 0.3) is 0 Å². The van der Waals surface area contributed by atoms with E-state index >= 15 is 0 Å². The van der Waals surface area contributed by atoms with Crippen molar-refractivity contribution in [3.63, 3.8) is 0 Å². The standard InChI is InChI=1S/C25H19NO4/c1-26-19-11-7-6-10-17(19)18(24(26)15-8-4-3-5-9-15)14-22-25(28)23-20(27)12-16(29-2)13-21(23)30-22/h3-14,27H,1-2H3. The Labute approximate surface area is 173 Å². The lowest BCUT2D eigenvalue weighted by Crippen LogP contribution is -1.99. The van der Waals surface area contributed by atoms with Crippen molar-refractivity contribution in [3.05, 3.63) is 83.6 Å². The topological polar surface area (TPSA) is 60.7 Å². The van der Waals surface area contributed by atoms with Crippen LogP contribution in [0.25, 0.3) is 28.2 Å². The third-order valence-electron chi connectivity index (χ3n) is 5.43. The lowest BCUT2D eigenvalue weighted by molar-refractivity contribution is 0.101. The third kappa shape index (κ3) is 2.67. The summed E-state index contributed by atoms with van der Waals surface area (Å²) in [6.45, 7) is 0. The van der Waals surface area contributed by atoms with E-state index in [1.54, 1.807) is 12.1 Å². The molecule has 0 unspecified atom stereocenters. The summed E-state index contributed by atoms with van der Waals surface area (Å²) in [4.78, 5) is 13.0. The molecular formula is C25H19NO4. The van der Waals surface area contributed by atoms with Crippen LogP contribution in [0.5, 0.6) is 17.2 Å². The number of hydrogen-bond donors (Lipinski definition) is 1. The van der Waals surface area contributed by atoms with Crippen molar-refractivity contribution in [1.82, 2.24) is 4.57 Å². The van der Waals surface area contributed by atoms with E-state index < -0.39 is 0 Å². The molecule has 148 valence electrons. The second kappa shape index (κ2) is 6.81. The molecule has 1 aliphatic rings. The Morgan fingerprint density at radius 3 is 2.53 bits per heavy atom. The number of Topliss-reactive ketones (excluding diaryl/α,β-unsaturated/α-hetero) is 1. The molecule has 0 atom stereocenters. The Morgan fingerprint density at radius 2 is 1.77 bits per heavy atom. The molecule has 5 rings (SSSR count). The number of ketones is 1. The van der Waals surface area contributed by atoms with Crippen LogP contribution in [0.3, 0.4) is 0 Å². The minimum Gasteiger partial charge on any atom is -0.507 e. The van der Waals surface area contributed by atoms with E-state index in [9.17, 15) is 9.90 Å². The van der Waals surface area contributed by atoms with Crippen molar-refractivity contribution >= 4 is 22.8 Å². The van der Waals surface area contributed by atoms with E-state index in [1.807, 2.05) is 61.6 Å². The summed E-state index contributed by atoms with van der Waals surface area (Å²) in [7, 11) is 3.51. The van der Waals surface area contributed by atoms with Crippen LogP contribution >= 0.6 is 0 Å².